The van der Waals surface area contributed by atoms with Gasteiger partial charge in [-0.3, -0.25) is 4.39 Å². The van der Waals surface area contributed by atoms with Crippen LogP contribution in [0.3, 0.4) is 0 Å². The van der Waals surface area contributed by atoms with E-state index in [1.54, 1.807) is 18.6 Å². The molecule has 0 saturated carbocycles. The molecule has 2 heterocycles. The van der Waals surface area contributed by atoms with Crippen LogP contribution in [0.2, 0.25) is 0 Å². The number of hydrogen-bond donors (Lipinski definition) is 1. The maximum Gasteiger partial charge on any atom is 0.132 e. The highest BCUT2D eigenvalue weighted by molar-refractivity contribution is 5.69. The summed E-state index contributed by atoms with van der Waals surface area (Å²) in [5.41, 5.74) is 2.60. The summed E-state index contributed by atoms with van der Waals surface area (Å²) in [7, 11) is 0. The minimum Gasteiger partial charge on any atom is -0.393 e. The summed E-state index contributed by atoms with van der Waals surface area (Å²) in [6, 6.07) is 5.43. The Morgan fingerprint density at radius 1 is 1.12 bits per heavy atom. The summed E-state index contributed by atoms with van der Waals surface area (Å²) < 4.78 is 28.3. The van der Waals surface area contributed by atoms with E-state index in [9.17, 15) is 13.9 Å². The second-order valence-electron chi connectivity index (χ2n) is 6.88. The number of fused-ring (bicyclic) bond motifs is 3. The molecule has 136 valence electrons. The van der Waals surface area contributed by atoms with Gasteiger partial charge in [0, 0.05) is 5.56 Å². The van der Waals surface area contributed by atoms with Crippen molar-refractivity contribution in [2.75, 3.05) is 6.67 Å². The van der Waals surface area contributed by atoms with Crippen molar-refractivity contribution in [1.82, 2.24) is 9.55 Å². The van der Waals surface area contributed by atoms with Gasteiger partial charge in [0.05, 0.1) is 37.0 Å². The van der Waals surface area contributed by atoms with Gasteiger partial charge in [-0.15, -0.1) is 0 Å². The molecule has 2 atom stereocenters. The van der Waals surface area contributed by atoms with Crippen LogP contribution in [0.25, 0.3) is 11.3 Å². The summed E-state index contributed by atoms with van der Waals surface area (Å²) in [5.74, 6) is -0.182. The Hall–Kier alpha value is -1.75. The Kier molecular flexibility index (Phi) is 6.19. The fraction of sp³-hybridized carbons (Fsp3) is 0.550. The molecule has 25 heavy (non-hydrogen) atoms. The molecule has 0 bridgehead atoms. The number of aromatic nitrogens is 2. The van der Waals surface area contributed by atoms with E-state index < -0.39 is 0 Å². The quantitative estimate of drug-likeness (QED) is 0.611. The van der Waals surface area contributed by atoms with Crippen molar-refractivity contribution in [3.63, 3.8) is 0 Å². The van der Waals surface area contributed by atoms with Crippen molar-refractivity contribution in [2.24, 2.45) is 0 Å². The van der Waals surface area contributed by atoms with Crippen LogP contribution in [0.5, 0.6) is 0 Å². The lowest BCUT2D eigenvalue weighted by molar-refractivity contribution is 0.146. The van der Waals surface area contributed by atoms with Crippen molar-refractivity contribution in [1.29, 1.82) is 0 Å². The third kappa shape index (κ3) is 4.09. The SMILES string of the molecule is OC(CCCCF)CCCCCC1c2cccc(F)c2-c2cncn21. The van der Waals surface area contributed by atoms with Crippen LogP contribution in [0, 0.1) is 5.82 Å². The smallest absolute Gasteiger partial charge is 0.132 e. The van der Waals surface area contributed by atoms with E-state index in [0.29, 0.717) is 18.4 Å². The maximum absolute atomic E-state index is 14.2. The molecule has 1 aliphatic heterocycles. The monoisotopic (exact) mass is 348 g/mol. The fourth-order valence-corrected chi connectivity index (χ4v) is 3.79. The first-order chi connectivity index (χ1) is 12.2. The van der Waals surface area contributed by atoms with Gasteiger partial charge in [-0.05, 0) is 43.7 Å². The first-order valence-electron chi connectivity index (χ1n) is 9.27. The van der Waals surface area contributed by atoms with Crippen LogP contribution in [0.4, 0.5) is 8.78 Å². The molecule has 1 aromatic heterocycles. The molecular weight excluding hydrogens is 322 g/mol. The van der Waals surface area contributed by atoms with Gasteiger partial charge in [0.1, 0.15) is 5.82 Å². The van der Waals surface area contributed by atoms with Crippen molar-refractivity contribution >= 4 is 0 Å². The van der Waals surface area contributed by atoms with E-state index in [0.717, 1.165) is 49.8 Å². The molecule has 0 saturated heterocycles. The first kappa shape index (κ1) is 18.1. The van der Waals surface area contributed by atoms with Gasteiger partial charge in [-0.1, -0.05) is 31.4 Å². The van der Waals surface area contributed by atoms with Crippen LogP contribution >= 0.6 is 0 Å². The van der Waals surface area contributed by atoms with Crippen LogP contribution in [0.15, 0.2) is 30.7 Å². The molecule has 0 spiro atoms. The van der Waals surface area contributed by atoms with Gasteiger partial charge in [0.25, 0.3) is 0 Å². The zero-order valence-electron chi connectivity index (χ0n) is 14.5. The molecule has 1 N–H and O–H groups in total. The molecule has 3 rings (SSSR count). The standard InChI is InChI=1S/C20H26F2N2O/c21-12-5-4-8-15(25)7-2-1-3-11-18-16-9-6-10-17(22)20(16)19-13-23-14-24(18)19/h6,9-10,13-15,18,25H,1-5,7-8,11-12H2. The topological polar surface area (TPSA) is 38.1 Å². The molecule has 1 aliphatic rings. The van der Waals surface area contributed by atoms with E-state index >= 15 is 0 Å². The number of imidazole rings is 1. The van der Waals surface area contributed by atoms with Gasteiger partial charge >= 0.3 is 0 Å². The largest absolute Gasteiger partial charge is 0.393 e. The molecule has 2 unspecified atom stereocenters. The van der Waals surface area contributed by atoms with Gasteiger partial charge < -0.3 is 9.67 Å². The normalized spacial score (nSPS) is 16.7. The molecule has 5 heteroatoms. The average Bonchev–Trinajstić information content (AvgIpc) is 3.17. The number of unbranched alkanes of at least 4 members (excludes halogenated alkanes) is 3. The molecule has 0 amide bonds. The molecule has 0 fully saturated rings. The Labute approximate surface area is 147 Å². The molecule has 2 aromatic rings. The zero-order valence-corrected chi connectivity index (χ0v) is 14.5. The lowest BCUT2D eigenvalue weighted by Crippen LogP contribution is -2.07. The van der Waals surface area contributed by atoms with Crippen LogP contribution in [0.1, 0.15) is 63.0 Å². The molecule has 0 radical (unpaired) electrons. The number of rotatable bonds is 10. The lowest BCUT2D eigenvalue weighted by Gasteiger charge is -2.15. The van der Waals surface area contributed by atoms with E-state index in [4.69, 9.17) is 0 Å². The number of alkyl halides is 1. The van der Waals surface area contributed by atoms with E-state index in [1.165, 1.54) is 6.07 Å². The number of aliphatic hydroxyl groups is 1. The summed E-state index contributed by atoms with van der Waals surface area (Å²) in [4.78, 5) is 4.17. The Balaban J connectivity index is 1.48. The second-order valence-corrected chi connectivity index (χ2v) is 6.88. The van der Waals surface area contributed by atoms with Gasteiger partial charge in [-0.2, -0.15) is 0 Å². The van der Waals surface area contributed by atoms with Crippen LogP contribution in [-0.4, -0.2) is 27.4 Å². The first-order valence-corrected chi connectivity index (χ1v) is 9.27. The predicted octanol–water partition coefficient (Wildman–Crippen LogP) is 5.04. The van der Waals surface area contributed by atoms with E-state index in [1.807, 2.05) is 6.07 Å². The summed E-state index contributed by atoms with van der Waals surface area (Å²) in [5, 5.41) is 9.87. The van der Waals surface area contributed by atoms with Gasteiger partial charge in [0.2, 0.25) is 0 Å². The van der Waals surface area contributed by atoms with E-state index in [2.05, 4.69) is 9.55 Å². The zero-order chi connectivity index (χ0) is 17.6. The number of aliphatic hydroxyl groups excluding tert-OH is 1. The number of halogens is 2. The van der Waals surface area contributed by atoms with Crippen molar-refractivity contribution in [3.8, 4) is 11.3 Å². The third-order valence-corrected chi connectivity index (χ3v) is 5.10. The summed E-state index contributed by atoms with van der Waals surface area (Å²) in [6.07, 6.45) is 9.94. The fourth-order valence-electron chi connectivity index (χ4n) is 3.79. The molecule has 1 aromatic carbocycles. The van der Waals surface area contributed by atoms with Gasteiger partial charge in [-0.25, -0.2) is 9.37 Å². The number of hydrogen-bond acceptors (Lipinski definition) is 2. The van der Waals surface area contributed by atoms with Crippen LogP contribution < -0.4 is 0 Å². The summed E-state index contributed by atoms with van der Waals surface area (Å²) in [6.45, 7) is -0.299. The van der Waals surface area contributed by atoms with Crippen molar-refractivity contribution in [3.05, 3.63) is 42.1 Å². The highest BCUT2D eigenvalue weighted by Crippen LogP contribution is 2.42. The van der Waals surface area contributed by atoms with Crippen molar-refractivity contribution in [2.45, 2.75) is 63.5 Å². The second kappa shape index (κ2) is 8.56. The average molecular weight is 348 g/mol. The molecular formula is C20H26F2N2O. The Morgan fingerprint density at radius 2 is 1.92 bits per heavy atom. The van der Waals surface area contributed by atoms with Crippen molar-refractivity contribution < 1.29 is 13.9 Å². The lowest BCUT2D eigenvalue weighted by atomic mass is 9.97. The molecule has 3 nitrogen and oxygen atoms in total. The summed E-state index contributed by atoms with van der Waals surface area (Å²) >= 11 is 0. The Morgan fingerprint density at radius 3 is 2.72 bits per heavy atom. The van der Waals surface area contributed by atoms with Crippen LogP contribution in [-0.2, 0) is 0 Å². The minimum atomic E-state index is -0.312. The molecule has 0 aliphatic carbocycles. The minimum absolute atomic E-state index is 0.151. The highest BCUT2D eigenvalue weighted by atomic mass is 19.1. The van der Waals surface area contributed by atoms with Gasteiger partial charge in [0.15, 0.2) is 0 Å². The van der Waals surface area contributed by atoms with E-state index in [-0.39, 0.29) is 24.6 Å². The predicted molar refractivity (Wildman–Crippen MR) is 94.7 cm³/mol. The number of benzene rings is 1. The third-order valence-electron chi connectivity index (χ3n) is 5.10. The Bertz CT molecular complexity index is 686. The maximum atomic E-state index is 14.2. The number of nitrogens with zero attached hydrogens (tertiary/aromatic N) is 2. The highest BCUT2D eigenvalue weighted by Gasteiger charge is 2.30.